The summed E-state index contributed by atoms with van der Waals surface area (Å²) >= 11 is 0. The average Bonchev–Trinajstić information content (AvgIpc) is 3.70. The Labute approximate surface area is 335 Å². The predicted octanol–water partition coefficient (Wildman–Crippen LogP) is 14.2. The molecule has 0 aliphatic carbocycles. The molecule has 0 saturated carbocycles. The smallest absolute Gasteiger partial charge is 0.167 e. The Bertz CT molecular complexity index is 3230. The van der Waals surface area contributed by atoms with E-state index in [1.54, 1.807) is 0 Å². The van der Waals surface area contributed by atoms with Gasteiger partial charge in [-0.1, -0.05) is 152 Å². The molecule has 0 fully saturated rings. The standard InChI is InChI=1S/C53H34N4O/c1-4-16-38(17-5-1)51-54-52(40-25-24-35-14-10-11-18-39(35)34-40)56-53(55-51)47-33-32-44(48-46-31-28-36-15-12-13-23-45(36)49(46)58-50(47)48)37-26-29-43(30-27-37)57(41-19-6-2-7-20-41)42-21-8-3-9-22-42/h1-34H. The SMILES string of the molecule is c1ccc(-c2nc(-c3ccc4ccccc4c3)nc(-c3ccc(-c4ccc(N(c5ccccc5)c5ccccc5)cc4)c4c3oc3c5ccccc5ccc34)n2)cc1. The molecule has 0 aliphatic rings. The highest BCUT2D eigenvalue weighted by Crippen LogP contribution is 2.44. The van der Waals surface area contributed by atoms with Crippen LogP contribution in [0.5, 0.6) is 0 Å². The first-order chi connectivity index (χ1) is 28.7. The van der Waals surface area contributed by atoms with Gasteiger partial charge in [-0.15, -0.1) is 0 Å². The van der Waals surface area contributed by atoms with Crippen molar-refractivity contribution in [3.05, 3.63) is 206 Å². The first kappa shape index (κ1) is 33.4. The van der Waals surface area contributed by atoms with Crippen LogP contribution in [0.15, 0.2) is 211 Å². The predicted molar refractivity (Wildman–Crippen MR) is 239 cm³/mol. The lowest BCUT2D eigenvalue weighted by atomic mass is 9.95. The van der Waals surface area contributed by atoms with Gasteiger partial charge in [-0.25, -0.2) is 15.0 Å². The molecule has 9 aromatic carbocycles. The van der Waals surface area contributed by atoms with Crippen LogP contribution in [0.2, 0.25) is 0 Å². The van der Waals surface area contributed by atoms with Crippen molar-refractivity contribution in [2.45, 2.75) is 0 Å². The van der Waals surface area contributed by atoms with Crippen LogP contribution >= 0.6 is 0 Å². The van der Waals surface area contributed by atoms with Crippen molar-refractivity contribution in [3.8, 4) is 45.3 Å². The van der Waals surface area contributed by atoms with Crippen molar-refractivity contribution in [3.63, 3.8) is 0 Å². The van der Waals surface area contributed by atoms with E-state index in [1.807, 2.05) is 42.5 Å². The molecular weight excluding hydrogens is 709 g/mol. The van der Waals surface area contributed by atoms with E-state index in [-0.39, 0.29) is 0 Å². The number of hydrogen-bond donors (Lipinski definition) is 0. The molecule has 11 rings (SSSR count). The number of furan rings is 1. The molecule has 0 radical (unpaired) electrons. The summed E-state index contributed by atoms with van der Waals surface area (Å²) in [7, 11) is 0. The van der Waals surface area contributed by atoms with Crippen molar-refractivity contribution in [1.29, 1.82) is 0 Å². The Kier molecular flexibility index (Phi) is 8.07. The number of rotatable bonds is 7. The Morgan fingerprint density at radius 3 is 1.59 bits per heavy atom. The van der Waals surface area contributed by atoms with E-state index < -0.39 is 0 Å². The average molecular weight is 743 g/mol. The summed E-state index contributed by atoms with van der Waals surface area (Å²) in [4.78, 5) is 17.7. The first-order valence-corrected chi connectivity index (χ1v) is 19.4. The normalized spacial score (nSPS) is 11.4. The Morgan fingerprint density at radius 2 is 0.862 bits per heavy atom. The molecule has 272 valence electrons. The molecule has 0 aliphatic heterocycles. The zero-order valence-corrected chi connectivity index (χ0v) is 31.3. The molecule has 5 nitrogen and oxygen atoms in total. The number of anilines is 3. The van der Waals surface area contributed by atoms with E-state index in [4.69, 9.17) is 19.4 Å². The highest BCUT2D eigenvalue weighted by atomic mass is 16.3. The number of hydrogen-bond acceptors (Lipinski definition) is 5. The van der Waals surface area contributed by atoms with Crippen molar-refractivity contribution in [2.75, 3.05) is 4.90 Å². The monoisotopic (exact) mass is 742 g/mol. The lowest BCUT2D eigenvalue weighted by molar-refractivity contribution is 0.673. The van der Waals surface area contributed by atoms with Crippen LogP contribution in [0.1, 0.15) is 0 Å². The van der Waals surface area contributed by atoms with E-state index in [1.165, 1.54) is 0 Å². The largest absolute Gasteiger partial charge is 0.455 e. The maximum absolute atomic E-state index is 7.03. The Hall–Kier alpha value is -7.89. The molecule has 0 amide bonds. The lowest BCUT2D eigenvalue weighted by Gasteiger charge is -2.25. The van der Waals surface area contributed by atoms with Crippen LogP contribution < -0.4 is 4.90 Å². The number of fused-ring (bicyclic) bond motifs is 6. The highest BCUT2D eigenvalue weighted by Gasteiger charge is 2.22. The third-order valence-corrected chi connectivity index (χ3v) is 10.9. The van der Waals surface area contributed by atoms with Crippen LogP contribution in [-0.4, -0.2) is 15.0 Å². The van der Waals surface area contributed by atoms with Gasteiger partial charge in [0.25, 0.3) is 0 Å². The number of benzene rings is 9. The molecule has 0 N–H and O–H groups in total. The summed E-state index contributed by atoms with van der Waals surface area (Å²) in [5.74, 6) is 1.75. The van der Waals surface area contributed by atoms with Crippen molar-refractivity contribution in [2.24, 2.45) is 0 Å². The third kappa shape index (κ3) is 5.85. The maximum atomic E-state index is 7.03. The van der Waals surface area contributed by atoms with E-state index in [0.717, 1.165) is 88.4 Å². The van der Waals surface area contributed by atoms with Gasteiger partial charge in [0.05, 0.1) is 5.56 Å². The summed E-state index contributed by atoms with van der Waals surface area (Å²) in [5.41, 5.74) is 9.61. The van der Waals surface area contributed by atoms with Gasteiger partial charge in [0, 0.05) is 44.3 Å². The third-order valence-electron chi connectivity index (χ3n) is 10.9. The van der Waals surface area contributed by atoms with E-state index in [9.17, 15) is 0 Å². The zero-order chi connectivity index (χ0) is 38.4. The summed E-state index contributed by atoms with van der Waals surface area (Å²) in [6.45, 7) is 0. The number of para-hydroxylation sites is 2. The molecule has 0 bridgehead atoms. The minimum absolute atomic E-state index is 0.550. The molecule has 58 heavy (non-hydrogen) atoms. The van der Waals surface area contributed by atoms with Crippen LogP contribution in [0.4, 0.5) is 17.1 Å². The Morgan fingerprint density at radius 1 is 0.328 bits per heavy atom. The fourth-order valence-corrected chi connectivity index (χ4v) is 8.09. The van der Waals surface area contributed by atoms with Gasteiger partial charge in [0.15, 0.2) is 17.5 Å². The van der Waals surface area contributed by atoms with Crippen LogP contribution in [-0.2, 0) is 0 Å². The van der Waals surface area contributed by atoms with Crippen LogP contribution in [0, 0.1) is 0 Å². The first-order valence-electron chi connectivity index (χ1n) is 19.4. The second-order valence-corrected chi connectivity index (χ2v) is 14.4. The molecule has 0 atom stereocenters. The molecule has 2 heterocycles. The highest BCUT2D eigenvalue weighted by molar-refractivity contribution is 6.21. The summed E-state index contributed by atoms with van der Waals surface area (Å²) in [5, 5.41) is 6.52. The van der Waals surface area contributed by atoms with E-state index in [0.29, 0.717) is 17.5 Å². The van der Waals surface area contributed by atoms with Gasteiger partial charge < -0.3 is 9.32 Å². The second-order valence-electron chi connectivity index (χ2n) is 14.4. The van der Waals surface area contributed by atoms with Crippen LogP contribution in [0.25, 0.3) is 88.8 Å². The maximum Gasteiger partial charge on any atom is 0.167 e. The molecule has 11 aromatic rings. The minimum Gasteiger partial charge on any atom is -0.455 e. The fourth-order valence-electron chi connectivity index (χ4n) is 8.09. The summed E-state index contributed by atoms with van der Waals surface area (Å²) in [6.07, 6.45) is 0. The quantitative estimate of drug-likeness (QED) is 0.163. The lowest BCUT2D eigenvalue weighted by Crippen LogP contribution is -2.09. The molecule has 0 saturated heterocycles. The van der Waals surface area contributed by atoms with Gasteiger partial charge in [-0.2, -0.15) is 0 Å². The summed E-state index contributed by atoms with van der Waals surface area (Å²) < 4.78 is 7.03. The summed E-state index contributed by atoms with van der Waals surface area (Å²) in [6, 6.07) is 71.6. The number of nitrogens with zero attached hydrogens (tertiary/aromatic N) is 4. The molecule has 2 aromatic heterocycles. The van der Waals surface area contributed by atoms with Crippen molar-refractivity contribution >= 4 is 60.5 Å². The van der Waals surface area contributed by atoms with Gasteiger partial charge in [-0.05, 0) is 81.9 Å². The molecule has 0 spiro atoms. The number of aromatic nitrogens is 3. The van der Waals surface area contributed by atoms with Crippen molar-refractivity contribution in [1.82, 2.24) is 15.0 Å². The Balaban J connectivity index is 1.12. The second kappa shape index (κ2) is 14.0. The molecule has 0 unspecified atom stereocenters. The van der Waals surface area contributed by atoms with Gasteiger partial charge in [-0.3, -0.25) is 0 Å². The van der Waals surface area contributed by atoms with E-state index in [2.05, 4.69) is 169 Å². The van der Waals surface area contributed by atoms with Crippen molar-refractivity contribution < 1.29 is 4.42 Å². The fraction of sp³-hybridized carbons (Fsp3) is 0. The molecular formula is C53H34N4O. The minimum atomic E-state index is 0.550. The van der Waals surface area contributed by atoms with E-state index >= 15 is 0 Å². The van der Waals surface area contributed by atoms with Crippen LogP contribution in [0.3, 0.4) is 0 Å². The molecule has 5 heteroatoms. The zero-order valence-electron chi connectivity index (χ0n) is 31.3. The van der Waals surface area contributed by atoms with Gasteiger partial charge in [0.2, 0.25) is 0 Å². The van der Waals surface area contributed by atoms with Gasteiger partial charge >= 0.3 is 0 Å². The van der Waals surface area contributed by atoms with Gasteiger partial charge in [0.1, 0.15) is 11.2 Å². The topological polar surface area (TPSA) is 55.1 Å².